The van der Waals surface area contributed by atoms with Crippen LogP contribution in [0.15, 0.2) is 59.1 Å². The minimum absolute atomic E-state index is 0.247. The number of ether oxygens (including phenoxy) is 2. The maximum atomic E-state index is 12.6. The molecule has 2 aromatic carbocycles. The topological polar surface area (TPSA) is 77.0 Å². The summed E-state index contributed by atoms with van der Waals surface area (Å²) >= 11 is 0. The Morgan fingerprint density at radius 1 is 1.04 bits per heavy atom. The van der Waals surface area contributed by atoms with Crippen LogP contribution in [-0.2, 0) is 10.0 Å². The third-order valence-electron chi connectivity index (χ3n) is 4.60. The maximum absolute atomic E-state index is 12.6. The van der Waals surface area contributed by atoms with Gasteiger partial charge in [0.2, 0.25) is 0 Å². The minimum atomic E-state index is -3.63. The lowest BCUT2D eigenvalue weighted by Gasteiger charge is -2.19. The standard InChI is InChI=1S/C20H20N2O4S/c1-13-19(15-6-4-3-5-7-15)27(23,24)22-20(13)21-14(2)16-8-9-17-18(12-16)26-11-10-25-17/h3-9,12,14H,10-11H2,1-2H3,(H,21,22)/t14-/m1/s1. The number of aliphatic imine (C=N–C) groups is 1. The first-order valence-electron chi connectivity index (χ1n) is 8.72. The van der Waals surface area contributed by atoms with Crippen molar-refractivity contribution in [1.29, 1.82) is 0 Å². The molecule has 4 rings (SSSR count). The van der Waals surface area contributed by atoms with Gasteiger partial charge in [-0.05, 0) is 37.1 Å². The molecule has 0 spiro atoms. The zero-order valence-electron chi connectivity index (χ0n) is 15.1. The van der Waals surface area contributed by atoms with Crippen molar-refractivity contribution in [2.24, 2.45) is 4.99 Å². The normalized spacial score (nSPS) is 20.4. The summed E-state index contributed by atoms with van der Waals surface area (Å²) in [6.07, 6.45) is 0. The van der Waals surface area contributed by atoms with Crippen molar-refractivity contribution in [3.8, 4) is 11.5 Å². The molecule has 0 bridgehead atoms. The number of hydrogen-bond acceptors (Lipinski definition) is 5. The Bertz CT molecular complexity index is 1040. The molecule has 0 amide bonds. The third kappa shape index (κ3) is 3.30. The number of fused-ring (bicyclic) bond motifs is 1. The molecule has 2 aliphatic heterocycles. The monoisotopic (exact) mass is 384 g/mol. The van der Waals surface area contributed by atoms with Gasteiger partial charge in [-0.15, -0.1) is 0 Å². The zero-order valence-corrected chi connectivity index (χ0v) is 15.9. The summed E-state index contributed by atoms with van der Waals surface area (Å²) in [6.45, 7) is 4.75. The fourth-order valence-electron chi connectivity index (χ4n) is 3.24. The molecule has 0 aromatic heterocycles. The first kappa shape index (κ1) is 17.6. The summed E-state index contributed by atoms with van der Waals surface area (Å²) in [6, 6.07) is 14.5. The molecule has 2 heterocycles. The first-order chi connectivity index (χ1) is 13.0. The molecule has 0 radical (unpaired) electrons. The summed E-state index contributed by atoms with van der Waals surface area (Å²) in [7, 11) is -3.63. The molecule has 0 saturated carbocycles. The molecule has 7 heteroatoms. The van der Waals surface area contributed by atoms with Crippen LogP contribution in [0.4, 0.5) is 0 Å². The van der Waals surface area contributed by atoms with Crippen LogP contribution in [0.1, 0.15) is 31.0 Å². The van der Waals surface area contributed by atoms with E-state index in [0.717, 1.165) is 5.56 Å². The predicted molar refractivity (Wildman–Crippen MR) is 104 cm³/mol. The van der Waals surface area contributed by atoms with Crippen molar-refractivity contribution in [2.45, 2.75) is 19.9 Å². The van der Waals surface area contributed by atoms with E-state index in [-0.39, 0.29) is 10.9 Å². The smallest absolute Gasteiger partial charge is 0.264 e. The summed E-state index contributed by atoms with van der Waals surface area (Å²) in [5.74, 6) is 1.78. The van der Waals surface area contributed by atoms with Crippen LogP contribution < -0.4 is 14.2 Å². The van der Waals surface area contributed by atoms with Crippen LogP contribution >= 0.6 is 0 Å². The summed E-state index contributed by atoms with van der Waals surface area (Å²) in [5, 5.41) is 0. The van der Waals surface area contributed by atoms with Gasteiger partial charge in [0, 0.05) is 5.57 Å². The van der Waals surface area contributed by atoms with Crippen LogP contribution in [0.5, 0.6) is 11.5 Å². The average molecular weight is 384 g/mol. The molecular weight excluding hydrogens is 364 g/mol. The Kier molecular flexibility index (Phi) is 4.39. The molecule has 0 unspecified atom stereocenters. The predicted octanol–water partition coefficient (Wildman–Crippen LogP) is 3.28. The van der Waals surface area contributed by atoms with Gasteiger partial charge in [0.05, 0.1) is 6.04 Å². The van der Waals surface area contributed by atoms with E-state index >= 15 is 0 Å². The van der Waals surface area contributed by atoms with Crippen LogP contribution in [0, 0.1) is 0 Å². The second-order valence-electron chi connectivity index (χ2n) is 6.48. The number of hydrogen-bond donors (Lipinski definition) is 1. The van der Waals surface area contributed by atoms with Crippen LogP contribution in [0.3, 0.4) is 0 Å². The zero-order chi connectivity index (χ0) is 19.0. The molecule has 0 fully saturated rings. The number of rotatable bonds is 3. The van der Waals surface area contributed by atoms with Gasteiger partial charge in [-0.25, -0.2) is 8.42 Å². The molecule has 2 aromatic rings. The highest BCUT2D eigenvalue weighted by Crippen LogP contribution is 2.35. The Labute approximate surface area is 158 Å². The highest BCUT2D eigenvalue weighted by Gasteiger charge is 2.33. The van der Waals surface area contributed by atoms with Gasteiger partial charge in [0.15, 0.2) is 11.5 Å². The van der Waals surface area contributed by atoms with Crippen molar-refractivity contribution in [3.05, 3.63) is 65.2 Å². The lowest BCUT2D eigenvalue weighted by atomic mass is 10.1. The SMILES string of the molecule is CC1=C(c2ccccc2)S(=O)(=O)NC1=N[C@H](C)c1ccc2c(c1)OCCO2. The van der Waals surface area contributed by atoms with Crippen LogP contribution in [0.25, 0.3) is 4.91 Å². The average Bonchev–Trinajstić information content (AvgIpc) is 2.90. The van der Waals surface area contributed by atoms with Gasteiger partial charge < -0.3 is 9.47 Å². The van der Waals surface area contributed by atoms with E-state index in [1.165, 1.54) is 0 Å². The quantitative estimate of drug-likeness (QED) is 0.881. The number of sulfonamides is 1. The van der Waals surface area contributed by atoms with E-state index < -0.39 is 10.0 Å². The number of nitrogens with zero attached hydrogens (tertiary/aromatic N) is 1. The van der Waals surface area contributed by atoms with Crippen molar-refractivity contribution in [3.63, 3.8) is 0 Å². The molecule has 2 aliphatic rings. The van der Waals surface area contributed by atoms with Gasteiger partial charge in [0.1, 0.15) is 24.0 Å². The van der Waals surface area contributed by atoms with Gasteiger partial charge in [-0.1, -0.05) is 36.4 Å². The second-order valence-corrected chi connectivity index (χ2v) is 8.10. The largest absolute Gasteiger partial charge is 0.486 e. The van der Waals surface area contributed by atoms with E-state index in [2.05, 4.69) is 9.71 Å². The number of nitrogens with one attached hydrogen (secondary N) is 1. The Morgan fingerprint density at radius 2 is 1.74 bits per heavy atom. The number of benzene rings is 2. The Hall–Kier alpha value is -2.80. The fraction of sp³-hybridized carbons (Fsp3) is 0.250. The van der Waals surface area contributed by atoms with Gasteiger partial charge >= 0.3 is 0 Å². The minimum Gasteiger partial charge on any atom is -0.486 e. The van der Waals surface area contributed by atoms with Gasteiger partial charge in [-0.3, -0.25) is 9.71 Å². The molecular formula is C20H20N2O4S. The van der Waals surface area contributed by atoms with Gasteiger partial charge in [0.25, 0.3) is 10.0 Å². The fourth-order valence-corrected chi connectivity index (χ4v) is 4.74. The summed E-state index contributed by atoms with van der Waals surface area (Å²) < 4.78 is 39.0. The lowest BCUT2D eigenvalue weighted by Crippen LogP contribution is -2.24. The lowest BCUT2D eigenvalue weighted by molar-refractivity contribution is 0.171. The van der Waals surface area contributed by atoms with E-state index in [0.29, 0.717) is 41.7 Å². The second kappa shape index (κ2) is 6.74. The Morgan fingerprint density at radius 3 is 2.48 bits per heavy atom. The molecule has 6 nitrogen and oxygen atoms in total. The van der Waals surface area contributed by atoms with Gasteiger partial charge in [-0.2, -0.15) is 0 Å². The van der Waals surface area contributed by atoms with Crippen LogP contribution in [0.2, 0.25) is 0 Å². The first-order valence-corrected chi connectivity index (χ1v) is 10.2. The maximum Gasteiger partial charge on any atom is 0.264 e. The van der Waals surface area contributed by atoms with Crippen LogP contribution in [-0.4, -0.2) is 27.5 Å². The molecule has 1 atom stereocenters. The molecule has 140 valence electrons. The van der Waals surface area contributed by atoms with Crippen molar-refractivity contribution >= 4 is 20.8 Å². The third-order valence-corrected chi connectivity index (χ3v) is 6.14. The van der Waals surface area contributed by atoms with Crippen molar-refractivity contribution in [2.75, 3.05) is 13.2 Å². The van der Waals surface area contributed by atoms with Crippen molar-refractivity contribution < 1.29 is 17.9 Å². The molecule has 27 heavy (non-hydrogen) atoms. The van der Waals surface area contributed by atoms with E-state index in [1.54, 1.807) is 19.1 Å². The number of amidine groups is 1. The molecule has 0 saturated heterocycles. The molecule has 0 aliphatic carbocycles. The van der Waals surface area contributed by atoms with E-state index in [1.807, 2.05) is 43.3 Å². The van der Waals surface area contributed by atoms with E-state index in [9.17, 15) is 8.42 Å². The molecule has 1 N–H and O–H groups in total. The Balaban J connectivity index is 1.69. The highest BCUT2D eigenvalue weighted by molar-refractivity contribution is 8.00. The van der Waals surface area contributed by atoms with E-state index in [4.69, 9.17) is 9.47 Å². The highest BCUT2D eigenvalue weighted by atomic mass is 32.2. The summed E-state index contributed by atoms with van der Waals surface area (Å²) in [4.78, 5) is 4.89. The van der Waals surface area contributed by atoms with Crippen molar-refractivity contribution in [1.82, 2.24) is 4.72 Å². The summed E-state index contributed by atoms with van der Waals surface area (Å²) in [5.41, 5.74) is 2.19.